The third-order valence-electron chi connectivity index (χ3n) is 3.13. The van der Waals surface area contributed by atoms with Crippen molar-refractivity contribution in [1.82, 2.24) is 25.4 Å². The number of aromatic nitrogens is 3. The third-order valence-corrected chi connectivity index (χ3v) is 3.13. The average Bonchev–Trinajstić information content (AvgIpc) is 3.07. The maximum absolute atomic E-state index is 11.8. The van der Waals surface area contributed by atoms with Gasteiger partial charge >= 0.3 is 12.0 Å². The standard InChI is InChI=1S/C11H17N5O3/c1-6(9-15-12-5-16(9)2)13-11(19)14-8(10(17)18)7-3-4-7/h5-8H,3-4H2,1-2H3,(H,17,18)(H2,13,14,19). The maximum Gasteiger partial charge on any atom is 0.326 e. The fourth-order valence-electron chi connectivity index (χ4n) is 1.94. The van der Waals surface area contributed by atoms with Crippen molar-refractivity contribution < 1.29 is 14.7 Å². The molecule has 8 nitrogen and oxygen atoms in total. The van der Waals surface area contributed by atoms with Crippen molar-refractivity contribution in [3.8, 4) is 0 Å². The number of aryl methyl sites for hydroxylation is 1. The van der Waals surface area contributed by atoms with Crippen LogP contribution in [0.15, 0.2) is 6.33 Å². The number of amides is 2. The van der Waals surface area contributed by atoms with E-state index in [1.54, 1.807) is 18.5 Å². The summed E-state index contributed by atoms with van der Waals surface area (Å²) in [6.45, 7) is 1.76. The summed E-state index contributed by atoms with van der Waals surface area (Å²) in [6, 6.07) is -1.66. The monoisotopic (exact) mass is 267 g/mol. The number of carboxylic acid groups (broad SMARTS) is 1. The third kappa shape index (κ3) is 3.21. The number of hydrogen-bond donors (Lipinski definition) is 3. The first-order valence-electron chi connectivity index (χ1n) is 6.12. The SMILES string of the molecule is CC(NC(=O)NC(C(=O)O)C1CC1)c1nncn1C. The topological polar surface area (TPSA) is 109 Å². The number of carboxylic acids is 1. The van der Waals surface area contributed by atoms with E-state index in [1.165, 1.54) is 6.33 Å². The predicted molar refractivity (Wildman–Crippen MR) is 65.2 cm³/mol. The van der Waals surface area contributed by atoms with Gasteiger partial charge in [0.2, 0.25) is 0 Å². The minimum atomic E-state index is -0.996. The molecule has 1 aliphatic rings. The summed E-state index contributed by atoms with van der Waals surface area (Å²) >= 11 is 0. The van der Waals surface area contributed by atoms with Crippen molar-refractivity contribution in [1.29, 1.82) is 0 Å². The molecule has 19 heavy (non-hydrogen) atoms. The largest absolute Gasteiger partial charge is 0.480 e. The molecule has 1 fully saturated rings. The van der Waals surface area contributed by atoms with Gasteiger partial charge in [0, 0.05) is 7.05 Å². The minimum Gasteiger partial charge on any atom is -0.480 e. The molecule has 0 bridgehead atoms. The van der Waals surface area contributed by atoms with E-state index in [0.717, 1.165) is 12.8 Å². The van der Waals surface area contributed by atoms with Crippen molar-refractivity contribution in [3.63, 3.8) is 0 Å². The van der Waals surface area contributed by atoms with Gasteiger partial charge in [0.1, 0.15) is 12.4 Å². The van der Waals surface area contributed by atoms with Crippen molar-refractivity contribution in [2.75, 3.05) is 0 Å². The number of nitrogens with zero attached hydrogens (tertiary/aromatic N) is 3. The van der Waals surface area contributed by atoms with E-state index < -0.39 is 18.0 Å². The molecule has 1 aliphatic carbocycles. The second kappa shape index (κ2) is 5.25. The van der Waals surface area contributed by atoms with Gasteiger partial charge in [0.05, 0.1) is 6.04 Å². The molecule has 1 heterocycles. The maximum atomic E-state index is 11.8. The van der Waals surface area contributed by atoms with Crippen LogP contribution in [0.2, 0.25) is 0 Å². The lowest BCUT2D eigenvalue weighted by atomic mass is 10.2. The fourth-order valence-corrected chi connectivity index (χ4v) is 1.94. The molecule has 0 saturated heterocycles. The Bertz CT molecular complexity index is 482. The Labute approximate surface area is 110 Å². The van der Waals surface area contributed by atoms with Gasteiger partial charge in [-0.2, -0.15) is 0 Å². The van der Waals surface area contributed by atoms with Gasteiger partial charge in [-0.1, -0.05) is 0 Å². The summed E-state index contributed by atoms with van der Waals surface area (Å²) in [5.41, 5.74) is 0. The van der Waals surface area contributed by atoms with Crippen LogP contribution in [-0.4, -0.2) is 37.9 Å². The Morgan fingerprint density at radius 2 is 2.16 bits per heavy atom. The highest BCUT2D eigenvalue weighted by Gasteiger charge is 2.37. The molecule has 1 aromatic rings. The van der Waals surface area contributed by atoms with E-state index in [1.807, 2.05) is 0 Å². The van der Waals surface area contributed by atoms with Crippen LogP contribution in [0.25, 0.3) is 0 Å². The van der Waals surface area contributed by atoms with E-state index in [9.17, 15) is 9.59 Å². The molecule has 0 aliphatic heterocycles. The number of carbonyl (C=O) groups is 2. The molecule has 2 amide bonds. The normalized spacial score (nSPS) is 17.6. The highest BCUT2D eigenvalue weighted by molar-refractivity contribution is 5.83. The molecule has 0 spiro atoms. The highest BCUT2D eigenvalue weighted by Crippen LogP contribution is 2.32. The Kier molecular flexibility index (Phi) is 3.68. The van der Waals surface area contributed by atoms with Crippen molar-refractivity contribution in [2.45, 2.75) is 31.8 Å². The summed E-state index contributed by atoms with van der Waals surface area (Å²) < 4.78 is 1.69. The second-order valence-electron chi connectivity index (χ2n) is 4.79. The lowest BCUT2D eigenvalue weighted by Crippen LogP contribution is -2.47. The Hall–Kier alpha value is -2.12. The zero-order chi connectivity index (χ0) is 14.0. The van der Waals surface area contributed by atoms with Crippen molar-refractivity contribution in [3.05, 3.63) is 12.2 Å². The minimum absolute atomic E-state index is 0.0494. The first-order chi connectivity index (χ1) is 8.99. The zero-order valence-corrected chi connectivity index (χ0v) is 10.8. The quantitative estimate of drug-likeness (QED) is 0.697. The van der Waals surface area contributed by atoms with Gasteiger partial charge in [-0.25, -0.2) is 9.59 Å². The highest BCUT2D eigenvalue weighted by atomic mass is 16.4. The number of aliphatic carboxylic acids is 1. The van der Waals surface area contributed by atoms with Crippen LogP contribution in [-0.2, 0) is 11.8 Å². The van der Waals surface area contributed by atoms with Crippen LogP contribution in [0.1, 0.15) is 31.6 Å². The lowest BCUT2D eigenvalue weighted by molar-refractivity contribution is -0.139. The fraction of sp³-hybridized carbons (Fsp3) is 0.636. The van der Waals surface area contributed by atoms with Gasteiger partial charge < -0.3 is 20.3 Å². The molecule has 1 saturated carbocycles. The number of rotatable bonds is 5. The van der Waals surface area contributed by atoms with Crippen LogP contribution in [0.5, 0.6) is 0 Å². The Balaban J connectivity index is 1.90. The predicted octanol–water partition coefficient (Wildman–Crippen LogP) is 0.0385. The zero-order valence-electron chi connectivity index (χ0n) is 10.8. The molecule has 2 unspecified atom stereocenters. The van der Waals surface area contributed by atoms with Gasteiger partial charge in [0.15, 0.2) is 5.82 Å². The first kappa shape index (κ1) is 13.3. The molecule has 1 aromatic heterocycles. The molecule has 8 heteroatoms. The molecule has 0 aromatic carbocycles. The molecule has 2 atom stereocenters. The van der Waals surface area contributed by atoms with E-state index >= 15 is 0 Å². The van der Waals surface area contributed by atoms with Crippen LogP contribution in [0, 0.1) is 5.92 Å². The van der Waals surface area contributed by atoms with Crippen LogP contribution < -0.4 is 10.6 Å². The number of hydrogen-bond acceptors (Lipinski definition) is 4. The number of nitrogens with one attached hydrogen (secondary N) is 2. The van der Waals surface area contributed by atoms with Gasteiger partial charge in [0.25, 0.3) is 0 Å². The lowest BCUT2D eigenvalue weighted by Gasteiger charge is -2.17. The number of carbonyl (C=O) groups excluding carboxylic acids is 1. The Morgan fingerprint density at radius 3 is 2.63 bits per heavy atom. The van der Waals surface area contributed by atoms with E-state index in [2.05, 4.69) is 20.8 Å². The van der Waals surface area contributed by atoms with Gasteiger partial charge in [-0.15, -0.1) is 10.2 Å². The summed E-state index contributed by atoms with van der Waals surface area (Å²) in [6.07, 6.45) is 3.22. The van der Waals surface area contributed by atoms with Crippen LogP contribution in [0.3, 0.4) is 0 Å². The molecule has 2 rings (SSSR count). The number of urea groups is 1. The average molecular weight is 267 g/mol. The van der Waals surface area contributed by atoms with Crippen molar-refractivity contribution in [2.24, 2.45) is 13.0 Å². The summed E-state index contributed by atoms with van der Waals surface area (Å²) in [5, 5.41) is 21.8. The Morgan fingerprint density at radius 1 is 1.47 bits per heavy atom. The molecule has 0 radical (unpaired) electrons. The second-order valence-corrected chi connectivity index (χ2v) is 4.79. The van der Waals surface area contributed by atoms with Crippen molar-refractivity contribution >= 4 is 12.0 Å². The van der Waals surface area contributed by atoms with E-state index in [0.29, 0.717) is 5.82 Å². The van der Waals surface area contributed by atoms with Gasteiger partial charge in [-0.3, -0.25) is 0 Å². The summed E-state index contributed by atoms with van der Waals surface area (Å²) in [4.78, 5) is 22.8. The van der Waals surface area contributed by atoms with E-state index in [-0.39, 0.29) is 12.0 Å². The molecular weight excluding hydrogens is 250 g/mol. The molecule has 104 valence electrons. The van der Waals surface area contributed by atoms with E-state index in [4.69, 9.17) is 5.11 Å². The molecular formula is C11H17N5O3. The van der Waals surface area contributed by atoms with Crippen LogP contribution in [0.4, 0.5) is 4.79 Å². The summed E-state index contributed by atoms with van der Waals surface area (Å²) in [7, 11) is 1.77. The first-order valence-corrected chi connectivity index (χ1v) is 6.12. The van der Waals surface area contributed by atoms with Gasteiger partial charge in [-0.05, 0) is 25.7 Å². The smallest absolute Gasteiger partial charge is 0.326 e. The molecule has 3 N–H and O–H groups in total. The summed E-state index contributed by atoms with van der Waals surface area (Å²) in [5.74, 6) is -0.342. The van der Waals surface area contributed by atoms with Crippen LogP contribution >= 0.6 is 0 Å².